The molecule has 0 aromatic rings. The fourth-order valence-electron chi connectivity index (χ4n) is 2.11. The van der Waals surface area contributed by atoms with Crippen LogP contribution in [0.5, 0.6) is 0 Å². The summed E-state index contributed by atoms with van der Waals surface area (Å²) in [5.74, 6) is 0.866. The fourth-order valence-corrected chi connectivity index (χ4v) is 2.11. The molecule has 84 valence electrons. The van der Waals surface area contributed by atoms with Gasteiger partial charge in [0, 0.05) is 19.2 Å². The van der Waals surface area contributed by atoms with Crippen molar-refractivity contribution in [2.75, 3.05) is 19.8 Å². The molecule has 2 nitrogen and oxygen atoms in total. The van der Waals surface area contributed by atoms with Crippen molar-refractivity contribution in [2.24, 2.45) is 5.92 Å². The minimum absolute atomic E-state index is 0.754. The molecule has 0 radical (unpaired) electrons. The van der Waals surface area contributed by atoms with E-state index in [9.17, 15) is 0 Å². The molecule has 14 heavy (non-hydrogen) atoms. The fraction of sp³-hybridized carbons (Fsp3) is 1.00. The normalized spacial score (nSPS) is 27.0. The summed E-state index contributed by atoms with van der Waals surface area (Å²) >= 11 is 0. The van der Waals surface area contributed by atoms with E-state index in [4.69, 9.17) is 4.74 Å². The number of unbranched alkanes of at least 4 members (excludes halogenated alkanes) is 1. The van der Waals surface area contributed by atoms with Crippen LogP contribution in [0, 0.1) is 5.92 Å². The van der Waals surface area contributed by atoms with Gasteiger partial charge < -0.3 is 10.1 Å². The van der Waals surface area contributed by atoms with Gasteiger partial charge in [0.1, 0.15) is 0 Å². The summed E-state index contributed by atoms with van der Waals surface area (Å²) in [5.41, 5.74) is 0. The molecule has 1 N–H and O–H groups in total. The van der Waals surface area contributed by atoms with Crippen molar-refractivity contribution in [3.63, 3.8) is 0 Å². The van der Waals surface area contributed by atoms with E-state index >= 15 is 0 Å². The Kier molecular flexibility index (Phi) is 6.20. The van der Waals surface area contributed by atoms with E-state index < -0.39 is 0 Å². The number of rotatable bonds is 7. The summed E-state index contributed by atoms with van der Waals surface area (Å²) in [4.78, 5) is 0. The van der Waals surface area contributed by atoms with Gasteiger partial charge in [-0.2, -0.15) is 0 Å². The summed E-state index contributed by atoms with van der Waals surface area (Å²) in [6, 6.07) is 0.754. The molecule has 1 rings (SSSR count). The first-order valence-electron chi connectivity index (χ1n) is 6.15. The summed E-state index contributed by atoms with van der Waals surface area (Å²) in [6.45, 7) is 7.38. The number of hydrogen-bond donors (Lipinski definition) is 1. The van der Waals surface area contributed by atoms with Crippen molar-refractivity contribution in [3.8, 4) is 0 Å². The van der Waals surface area contributed by atoms with E-state index in [1.54, 1.807) is 0 Å². The molecule has 1 aliphatic rings. The topological polar surface area (TPSA) is 21.3 Å². The van der Waals surface area contributed by atoms with Gasteiger partial charge in [0.15, 0.2) is 0 Å². The van der Waals surface area contributed by atoms with Crippen LogP contribution in [0.25, 0.3) is 0 Å². The lowest BCUT2D eigenvalue weighted by molar-refractivity contribution is 0.130. The van der Waals surface area contributed by atoms with Crippen LogP contribution in [-0.4, -0.2) is 25.8 Å². The average Bonchev–Trinajstić information content (AvgIpc) is 2.58. The van der Waals surface area contributed by atoms with Crippen LogP contribution in [0.1, 0.15) is 46.0 Å². The highest BCUT2D eigenvalue weighted by Crippen LogP contribution is 2.24. The molecule has 1 saturated carbocycles. The second kappa shape index (κ2) is 7.24. The second-order valence-electron chi connectivity index (χ2n) is 4.43. The van der Waals surface area contributed by atoms with Crippen LogP contribution in [0.15, 0.2) is 0 Å². The smallest absolute Gasteiger partial charge is 0.0591 e. The van der Waals surface area contributed by atoms with E-state index in [0.29, 0.717) is 0 Å². The number of hydrogen-bond acceptors (Lipinski definition) is 2. The Balaban J connectivity index is 1.88. The molecular formula is C12H25NO. The predicted molar refractivity (Wildman–Crippen MR) is 60.5 cm³/mol. The summed E-state index contributed by atoms with van der Waals surface area (Å²) in [6.07, 6.45) is 6.58. The molecule has 2 unspecified atom stereocenters. The zero-order valence-electron chi connectivity index (χ0n) is 9.72. The van der Waals surface area contributed by atoms with Gasteiger partial charge in [-0.1, -0.05) is 26.7 Å². The Morgan fingerprint density at radius 3 is 2.79 bits per heavy atom. The van der Waals surface area contributed by atoms with Crippen molar-refractivity contribution in [3.05, 3.63) is 0 Å². The third-order valence-corrected chi connectivity index (χ3v) is 3.16. The Bertz CT molecular complexity index is 138. The second-order valence-corrected chi connectivity index (χ2v) is 4.43. The van der Waals surface area contributed by atoms with E-state index in [1.165, 1.54) is 32.1 Å². The van der Waals surface area contributed by atoms with Gasteiger partial charge in [0.25, 0.3) is 0 Å². The molecule has 2 atom stereocenters. The van der Waals surface area contributed by atoms with Crippen molar-refractivity contribution in [1.82, 2.24) is 5.32 Å². The Morgan fingerprint density at radius 1 is 1.29 bits per heavy atom. The molecule has 2 heteroatoms. The molecule has 0 spiro atoms. The van der Waals surface area contributed by atoms with Crippen molar-refractivity contribution in [1.29, 1.82) is 0 Å². The third kappa shape index (κ3) is 4.43. The summed E-state index contributed by atoms with van der Waals surface area (Å²) < 4.78 is 5.51. The maximum Gasteiger partial charge on any atom is 0.0591 e. The first kappa shape index (κ1) is 12.0. The monoisotopic (exact) mass is 199 g/mol. The van der Waals surface area contributed by atoms with Crippen LogP contribution in [0.4, 0.5) is 0 Å². The van der Waals surface area contributed by atoms with Crippen molar-refractivity contribution >= 4 is 0 Å². The summed E-state index contributed by atoms with van der Waals surface area (Å²) in [7, 11) is 0. The SMILES string of the molecule is CCCCOCCNC1CCCC1C. The highest BCUT2D eigenvalue weighted by atomic mass is 16.5. The minimum Gasteiger partial charge on any atom is -0.380 e. The van der Waals surface area contributed by atoms with Crippen LogP contribution in [0.3, 0.4) is 0 Å². The van der Waals surface area contributed by atoms with E-state index in [-0.39, 0.29) is 0 Å². The zero-order chi connectivity index (χ0) is 10.2. The van der Waals surface area contributed by atoms with Crippen molar-refractivity contribution < 1.29 is 4.74 Å². The van der Waals surface area contributed by atoms with Crippen LogP contribution in [0.2, 0.25) is 0 Å². The Hall–Kier alpha value is -0.0800. The molecule has 1 fully saturated rings. The Morgan fingerprint density at radius 2 is 2.14 bits per heavy atom. The first-order chi connectivity index (χ1) is 6.84. The summed E-state index contributed by atoms with van der Waals surface area (Å²) in [5, 5.41) is 3.58. The minimum atomic E-state index is 0.754. The molecule has 0 amide bonds. The number of ether oxygens (including phenoxy) is 1. The molecule has 0 bridgehead atoms. The molecule has 0 heterocycles. The lowest BCUT2D eigenvalue weighted by Gasteiger charge is -2.17. The lowest BCUT2D eigenvalue weighted by Crippen LogP contribution is -2.33. The quantitative estimate of drug-likeness (QED) is 0.636. The average molecular weight is 199 g/mol. The Labute approximate surface area is 88.4 Å². The number of nitrogens with one attached hydrogen (secondary N) is 1. The molecule has 0 aromatic heterocycles. The van der Waals surface area contributed by atoms with Gasteiger partial charge in [0.2, 0.25) is 0 Å². The van der Waals surface area contributed by atoms with Gasteiger partial charge in [-0.3, -0.25) is 0 Å². The van der Waals surface area contributed by atoms with Crippen molar-refractivity contribution in [2.45, 2.75) is 52.0 Å². The van der Waals surface area contributed by atoms with E-state index in [1.807, 2.05) is 0 Å². The van der Waals surface area contributed by atoms with Gasteiger partial charge in [-0.05, 0) is 25.2 Å². The maximum absolute atomic E-state index is 5.51. The molecule has 0 aromatic carbocycles. The van der Waals surface area contributed by atoms with Crippen LogP contribution < -0.4 is 5.32 Å². The van der Waals surface area contributed by atoms with Crippen LogP contribution >= 0.6 is 0 Å². The molecule has 0 saturated heterocycles. The standard InChI is InChI=1S/C12H25NO/c1-3-4-9-14-10-8-13-12-7-5-6-11(12)2/h11-13H,3-10H2,1-2H3. The highest BCUT2D eigenvalue weighted by Gasteiger charge is 2.21. The molecule has 0 aliphatic heterocycles. The molecule has 1 aliphatic carbocycles. The van der Waals surface area contributed by atoms with Gasteiger partial charge in [0.05, 0.1) is 6.61 Å². The first-order valence-corrected chi connectivity index (χ1v) is 6.15. The zero-order valence-corrected chi connectivity index (χ0v) is 9.72. The predicted octanol–water partition coefficient (Wildman–Crippen LogP) is 2.58. The van der Waals surface area contributed by atoms with Gasteiger partial charge >= 0.3 is 0 Å². The van der Waals surface area contributed by atoms with Gasteiger partial charge in [-0.15, -0.1) is 0 Å². The molecular weight excluding hydrogens is 174 g/mol. The van der Waals surface area contributed by atoms with Gasteiger partial charge in [-0.25, -0.2) is 0 Å². The highest BCUT2D eigenvalue weighted by molar-refractivity contribution is 4.79. The van der Waals surface area contributed by atoms with E-state index in [0.717, 1.165) is 31.7 Å². The van der Waals surface area contributed by atoms with E-state index in [2.05, 4.69) is 19.2 Å². The van der Waals surface area contributed by atoms with Crippen LogP contribution in [-0.2, 0) is 4.74 Å². The lowest BCUT2D eigenvalue weighted by atomic mass is 10.1. The maximum atomic E-state index is 5.51. The third-order valence-electron chi connectivity index (χ3n) is 3.16. The largest absolute Gasteiger partial charge is 0.380 e.